The van der Waals surface area contributed by atoms with Crippen LogP contribution in [0.3, 0.4) is 0 Å². The van der Waals surface area contributed by atoms with Gasteiger partial charge in [0.15, 0.2) is 5.75 Å². The third-order valence-corrected chi connectivity index (χ3v) is 2.86. The molecule has 2 atom stereocenters. The van der Waals surface area contributed by atoms with Gasteiger partial charge < -0.3 is 4.74 Å². The molecule has 0 aliphatic rings. The number of carbonyl (C=O) groups excluding carboxylic acids is 1. The molecule has 0 bridgehead atoms. The second-order valence-corrected chi connectivity index (χ2v) is 4.42. The average molecular weight is 281 g/mol. The van der Waals surface area contributed by atoms with Crippen LogP contribution in [0.25, 0.3) is 0 Å². The van der Waals surface area contributed by atoms with Crippen molar-refractivity contribution in [3.63, 3.8) is 0 Å². The van der Waals surface area contributed by atoms with Gasteiger partial charge in [0.25, 0.3) is 0 Å². The van der Waals surface area contributed by atoms with Gasteiger partial charge in [-0.1, -0.05) is 18.2 Å². The van der Waals surface area contributed by atoms with Crippen molar-refractivity contribution in [2.24, 2.45) is 0 Å². The monoisotopic (exact) mass is 281 g/mol. The molecule has 2 unspecified atom stereocenters. The Morgan fingerprint density at radius 3 is 2.28 bits per heavy atom. The summed E-state index contributed by atoms with van der Waals surface area (Å²) in [5.74, 6) is -3.96. The number of alkyl halides is 3. The first-order valence-corrected chi connectivity index (χ1v) is 5.98. The predicted molar refractivity (Wildman–Crippen MR) is 56.3 cm³/mol. The van der Waals surface area contributed by atoms with E-state index in [9.17, 15) is 22.5 Å². The van der Waals surface area contributed by atoms with Crippen LogP contribution in [0, 0.1) is 0 Å². The number of benzene rings is 1. The Balaban J connectivity index is 2.80. The zero-order valence-corrected chi connectivity index (χ0v) is 10.1. The van der Waals surface area contributed by atoms with Crippen LogP contribution >= 0.6 is 8.03 Å². The molecule has 0 radical (unpaired) electrons. The van der Waals surface area contributed by atoms with E-state index in [1.54, 1.807) is 6.07 Å². The van der Waals surface area contributed by atoms with E-state index in [0.717, 1.165) is 6.92 Å². The minimum absolute atomic E-state index is 0.0000122. The van der Waals surface area contributed by atoms with E-state index in [0.29, 0.717) is 0 Å². The summed E-state index contributed by atoms with van der Waals surface area (Å²) in [7, 11) is -3.26. The van der Waals surface area contributed by atoms with Gasteiger partial charge in [-0.05, 0) is 16.7 Å². The summed E-state index contributed by atoms with van der Waals surface area (Å²) in [6, 6.07) is 7.32. The largest absolute Gasteiger partial charge is 0.612 e. The molecule has 0 fully saturated rings. The number of hydrogen-bond donors (Lipinski definition) is 0. The van der Waals surface area contributed by atoms with Gasteiger partial charge in [0.05, 0.1) is 0 Å². The Morgan fingerprint density at radius 2 is 1.83 bits per heavy atom. The molecule has 0 aliphatic carbocycles. The van der Waals surface area contributed by atoms with Gasteiger partial charge in [-0.2, -0.15) is 13.2 Å². The third kappa shape index (κ3) is 4.33. The summed E-state index contributed by atoms with van der Waals surface area (Å²) in [6.07, 6.45) is -4.95. The van der Waals surface area contributed by atoms with Gasteiger partial charge in [0, 0.05) is 6.92 Å². The maximum Gasteiger partial charge on any atom is 0.612 e. The molecule has 0 spiro atoms. The van der Waals surface area contributed by atoms with Crippen molar-refractivity contribution in [1.29, 1.82) is 0 Å². The molecule has 1 aromatic rings. The Hall–Kier alpha value is -1.62. The van der Waals surface area contributed by atoms with Gasteiger partial charge in [-0.25, -0.2) is 0 Å². The molecule has 0 amide bonds. The van der Waals surface area contributed by atoms with Gasteiger partial charge in [0.2, 0.25) is 0 Å². The fraction of sp³-hybridized carbons (Fsp3) is 0.300. The van der Waals surface area contributed by atoms with Crippen LogP contribution in [0.5, 0.6) is 5.75 Å². The van der Waals surface area contributed by atoms with Crippen LogP contribution in [0.4, 0.5) is 13.2 Å². The molecule has 8 heteroatoms. The quantitative estimate of drug-likeness (QED) is 0.628. The lowest BCUT2D eigenvalue weighted by Crippen LogP contribution is -2.31. The fourth-order valence-corrected chi connectivity index (χ4v) is 1.92. The molecule has 1 rings (SSSR count). The van der Waals surface area contributed by atoms with E-state index in [-0.39, 0.29) is 5.75 Å². The molecule has 98 valence electrons. The van der Waals surface area contributed by atoms with Gasteiger partial charge in [-0.3, -0.25) is 9.32 Å². The van der Waals surface area contributed by atoms with Crippen LogP contribution in [-0.4, -0.2) is 18.0 Å². The molecule has 4 nitrogen and oxygen atoms in total. The summed E-state index contributed by atoms with van der Waals surface area (Å²) in [5.41, 5.74) is 0. The number of hydrogen-bond acceptors (Lipinski definition) is 4. The second kappa shape index (κ2) is 5.82. The van der Waals surface area contributed by atoms with E-state index >= 15 is 0 Å². The van der Waals surface area contributed by atoms with E-state index in [1.165, 1.54) is 24.3 Å². The van der Waals surface area contributed by atoms with Crippen LogP contribution in [0.15, 0.2) is 30.3 Å². The predicted octanol–water partition coefficient (Wildman–Crippen LogP) is 3.26. The van der Waals surface area contributed by atoms with E-state index in [1.807, 2.05) is 0 Å². The number of halogens is 3. The number of ether oxygens (including phenoxy) is 1. The average Bonchev–Trinajstić information content (AvgIpc) is 2.25. The van der Waals surface area contributed by atoms with Crippen molar-refractivity contribution in [1.82, 2.24) is 0 Å². The summed E-state index contributed by atoms with van der Waals surface area (Å²) >= 11 is 0. The van der Waals surface area contributed by atoms with Crippen LogP contribution in [0.2, 0.25) is 0 Å². The number of esters is 1. The molecule has 0 saturated heterocycles. The fourth-order valence-electron chi connectivity index (χ4n) is 1.02. The Morgan fingerprint density at radius 1 is 1.28 bits per heavy atom. The third-order valence-electron chi connectivity index (χ3n) is 1.69. The first-order chi connectivity index (χ1) is 8.30. The lowest BCUT2D eigenvalue weighted by atomic mass is 10.3. The minimum atomic E-state index is -4.95. The molecule has 0 N–H and O–H groups in total. The molecule has 0 aliphatic heterocycles. The number of carbonyl (C=O) groups is 1. The minimum Gasteiger partial charge on any atom is -0.406 e. The summed E-state index contributed by atoms with van der Waals surface area (Å²) in [6.45, 7) is 0.796. The highest BCUT2D eigenvalue weighted by atomic mass is 31.1. The zero-order chi connectivity index (χ0) is 13.8. The molecular weight excluding hydrogens is 272 g/mol. The topological polar surface area (TPSA) is 52.6 Å². The molecule has 0 saturated carbocycles. The molecular formula is C10H9F3O4P+. The summed E-state index contributed by atoms with van der Waals surface area (Å²) in [5, 5.41) is 0. The first-order valence-electron chi connectivity index (χ1n) is 4.74. The second-order valence-electron chi connectivity index (χ2n) is 3.19. The van der Waals surface area contributed by atoms with E-state index in [4.69, 9.17) is 0 Å². The Bertz CT molecular complexity index is 432. The van der Waals surface area contributed by atoms with Gasteiger partial charge in [0.1, 0.15) is 0 Å². The maximum atomic E-state index is 12.5. The Labute approximate surface area is 102 Å². The highest BCUT2D eigenvalue weighted by Crippen LogP contribution is 2.41. The first kappa shape index (κ1) is 14.4. The SMILES string of the molecule is CC(=O)OC([P+](=O)Oc1ccccc1)C(F)(F)F. The molecule has 0 aromatic heterocycles. The van der Waals surface area contributed by atoms with E-state index < -0.39 is 26.0 Å². The molecule has 0 heterocycles. The van der Waals surface area contributed by atoms with Crippen molar-refractivity contribution >= 4 is 14.0 Å². The molecule has 1 aromatic carbocycles. The van der Waals surface area contributed by atoms with Crippen LogP contribution in [-0.2, 0) is 14.1 Å². The van der Waals surface area contributed by atoms with Crippen molar-refractivity contribution in [2.75, 3.05) is 0 Å². The standard InChI is InChI=1S/C10H9F3O4P/c1-7(14)16-9(10(11,12)13)18(15)17-8-5-3-2-4-6-8/h2-6,9H,1H3/q+1. The van der Waals surface area contributed by atoms with Crippen molar-refractivity contribution in [2.45, 2.75) is 18.9 Å². The Kier molecular flexibility index (Phi) is 4.67. The molecule has 18 heavy (non-hydrogen) atoms. The van der Waals surface area contributed by atoms with Crippen LogP contribution in [0.1, 0.15) is 6.92 Å². The maximum absolute atomic E-state index is 12.5. The highest BCUT2D eigenvalue weighted by molar-refractivity contribution is 7.40. The van der Waals surface area contributed by atoms with Crippen molar-refractivity contribution in [3.05, 3.63) is 30.3 Å². The normalized spacial score (nSPS) is 13.7. The van der Waals surface area contributed by atoms with Gasteiger partial charge >= 0.3 is 26.0 Å². The van der Waals surface area contributed by atoms with Crippen molar-refractivity contribution in [3.8, 4) is 5.75 Å². The lowest BCUT2D eigenvalue weighted by Gasteiger charge is -2.09. The smallest absolute Gasteiger partial charge is 0.406 e. The van der Waals surface area contributed by atoms with Gasteiger partial charge in [-0.15, -0.1) is 0 Å². The number of para-hydroxylation sites is 1. The summed E-state index contributed by atoms with van der Waals surface area (Å²) < 4.78 is 57.5. The van der Waals surface area contributed by atoms with Crippen molar-refractivity contribution < 1.29 is 31.8 Å². The van der Waals surface area contributed by atoms with E-state index in [2.05, 4.69) is 9.26 Å². The summed E-state index contributed by atoms with van der Waals surface area (Å²) in [4.78, 5) is 10.6. The lowest BCUT2D eigenvalue weighted by molar-refractivity contribution is -0.198. The van der Waals surface area contributed by atoms with Crippen LogP contribution < -0.4 is 4.52 Å². The highest BCUT2D eigenvalue weighted by Gasteiger charge is 2.59. The zero-order valence-electron chi connectivity index (χ0n) is 9.18. The number of rotatable bonds is 4.